The molecule has 2 bridgehead atoms. The zero-order valence-corrected chi connectivity index (χ0v) is 12.3. The Labute approximate surface area is 129 Å². The molecule has 4 atom stereocenters. The van der Waals surface area contributed by atoms with Gasteiger partial charge in [0.2, 0.25) is 3.79 Å². The third kappa shape index (κ3) is 3.47. The number of rotatable bonds is 1. The second-order valence-electron chi connectivity index (χ2n) is 4.58. The molecule has 2 fully saturated rings. The predicted octanol–water partition coefficient (Wildman–Crippen LogP) is 0.562. The molecule has 1 amide bonds. The summed E-state index contributed by atoms with van der Waals surface area (Å²) >= 11 is 16.4. The summed E-state index contributed by atoms with van der Waals surface area (Å²) < 4.78 is 7.90. The Morgan fingerprint density at radius 3 is 2.25 bits per heavy atom. The first-order valence-electron chi connectivity index (χ1n) is 5.74. The number of aliphatic hydroxyl groups excluding tert-OH is 2. The molecule has 2 N–H and O–H groups in total. The number of halogens is 3. The zero-order valence-electron chi connectivity index (χ0n) is 10.0. The molecule has 114 valence electrons. The normalized spacial score (nSPS) is 34.0. The summed E-state index contributed by atoms with van der Waals surface area (Å²) in [4.78, 5) is 24.6. The Hall–Kier alpha value is -0.310. The molecule has 20 heavy (non-hydrogen) atoms. The zero-order chi connectivity index (χ0) is 15.1. The number of ketones is 1. The van der Waals surface area contributed by atoms with Gasteiger partial charge in [-0.1, -0.05) is 34.8 Å². The fourth-order valence-corrected chi connectivity index (χ4v) is 2.45. The van der Waals surface area contributed by atoms with E-state index in [2.05, 4.69) is 0 Å². The summed E-state index contributed by atoms with van der Waals surface area (Å²) in [7, 11) is 0. The standard InChI is InChI=1S/C10H12Cl3NO6/c11-10(12,13)3-19-9(18)14-5-1-4(15)2-6(14)8(17)20-7(5)16/h5-8,16-17H,1-3H2. The monoisotopic (exact) mass is 347 g/mol. The number of Topliss-reactive ketones (excluding diaryl/α,β-unsaturated/α-hetero) is 1. The number of nitrogens with zero attached hydrogens (tertiary/aromatic N) is 1. The highest BCUT2D eigenvalue weighted by molar-refractivity contribution is 6.67. The molecule has 2 heterocycles. The first kappa shape index (κ1) is 16.1. The van der Waals surface area contributed by atoms with Crippen LogP contribution in [0.3, 0.4) is 0 Å². The molecule has 2 rings (SSSR count). The molecular weight excluding hydrogens is 336 g/mol. The lowest BCUT2D eigenvalue weighted by atomic mass is 9.92. The number of alkyl halides is 3. The number of hydrogen-bond donors (Lipinski definition) is 2. The molecule has 2 aliphatic rings. The van der Waals surface area contributed by atoms with E-state index in [1.165, 1.54) is 0 Å². The molecule has 7 nitrogen and oxygen atoms in total. The van der Waals surface area contributed by atoms with Crippen molar-refractivity contribution in [3.63, 3.8) is 0 Å². The first-order valence-corrected chi connectivity index (χ1v) is 6.87. The number of aliphatic hydroxyl groups is 2. The first-order chi connectivity index (χ1) is 9.19. The van der Waals surface area contributed by atoms with E-state index >= 15 is 0 Å². The van der Waals surface area contributed by atoms with Crippen molar-refractivity contribution in [2.24, 2.45) is 0 Å². The van der Waals surface area contributed by atoms with Gasteiger partial charge in [0.25, 0.3) is 0 Å². The van der Waals surface area contributed by atoms with E-state index in [1.54, 1.807) is 0 Å². The summed E-state index contributed by atoms with van der Waals surface area (Å²) in [5.74, 6) is -0.188. The topological polar surface area (TPSA) is 96.3 Å². The number of morpholine rings is 1. The minimum Gasteiger partial charge on any atom is -0.445 e. The van der Waals surface area contributed by atoms with E-state index in [0.29, 0.717) is 0 Å². The van der Waals surface area contributed by atoms with Gasteiger partial charge in [0, 0.05) is 12.8 Å². The van der Waals surface area contributed by atoms with E-state index in [4.69, 9.17) is 44.3 Å². The van der Waals surface area contributed by atoms with Crippen molar-refractivity contribution in [1.82, 2.24) is 4.90 Å². The summed E-state index contributed by atoms with van der Waals surface area (Å²) in [6.07, 6.45) is -4.03. The Morgan fingerprint density at radius 2 is 1.80 bits per heavy atom. The fourth-order valence-electron chi connectivity index (χ4n) is 2.28. The van der Waals surface area contributed by atoms with Crippen LogP contribution < -0.4 is 0 Å². The Kier molecular flexibility index (Phi) is 4.68. The van der Waals surface area contributed by atoms with E-state index < -0.39 is 41.2 Å². The van der Waals surface area contributed by atoms with Gasteiger partial charge in [0.15, 0.2) is 12.6 Å². The predicted molar refractivity (Wildman–Crippen MR) is 68.4 cm³/mol. The van der Waals surface area contributed by atoms with Gasteiger partial charge in [-0.15, -0.1) is 0 Å². The molecule has 0 spiro atoms. The van der Waals surface area contributed by atoms with Gasteiger partial charge in [-0.2, -0.15) is 0 Å². The third-order valence-corrected chi connectivity index (χ3v) is 3.42. The minimum atomic E-state index is -1.77. The lowest BCUT2D eigenvalue weighted by molar-refractivity contribution is -0.289. The molecular formula is C10H12Cl3NO6. The quantitative estimate of drug-likeness (QED) is 0.672. The Bertz CT molecular complexity index is 394. The molecule has 2 aliphatic heterocycles. The smallest absolute Gasteiger partial charge is 0.410 e. The van der Waals surface area contributed by atoms with E-state index in [-0.39, 0.29) is 18.6 Å². The Morgan fingerprint density at radius 1 is 1.30 bits per heavy atom. The van der Waals surface area contributed by atoms with Crippen LogP contribution in [0.4, 0.5) is 4.79 Å². The molecule has 0 aliphatic carbocycles. The van der Waals surface area contributed by atoms with Crippen LogP contribution in [-0.4, -0.2) is 62.1 Å². The van der Waals surface area contributed by atoms with Crippen molar-refractivity contribution in [2.75, 3.05) is 6.61 Å². The van der Waals surface area contributed by atoms with Gasteiger partial charge >= 0.3 is 6.09 Å². The highest BCUT2D eigenvalue weighted by Gasteiger charge is 2.50. The van der Waals surface area contributed by atoms with Crippen molar-refractivity contribution in [1.29, 1.82) is 0 Å². The van der Waals surface area contributed by atoms with Crippen LogP contribution >= 0.6 is 34.8 Å². The molecule has 4 unspecified atom stereocenters. The highest BCUT2D eigenvalue weighted by Crippen LogP contribution is 2.33. The summed E-state index contributed by atoms with van der Waals surface area (Å²) in [6.45, 7) is -0.493. The molecule has 0 saturated carbocycles. The van der Waals surface area contributed by atoms with Crippen LogP contribution in [-0.2, 0) is 14.3 Å². The molecule has 0 aromatic heterocycles. The summed E-state index contributed by atoms with van der Waals surface area (Å²) in [5.41, 5.74) is 0. The van der Waals surface area contributed by atoms with Crippen LogP contribution in [0.2, 0.25) is 0 Å². The van der Waals surface area contributed by atoms with Gasteiger partial charge in [0.1, 0.15) is 12.4 Å². The van der Waals surface area contributed by atoms with Crippen LogP contribution in [0.5, 0.6) is 0 Å². The SMILES string of the molecule is O=C1CC2C(O)OC(O)C(C1)N2C(=O)OCC(Cl)(Cl)Cl. The summed E-state index contributed by atoms with van der Waals surface area (Å²) in [6, 6.07) is -1.85. The second kappa shape index (κ2) is 5.82. The third-order valence-electron chi connectivity index (χ3n) is 3.10. The van der Waals surface area contributed by atoms with Crippen LogP contribution in [0.1, 0.15) is 12.8 Å². The molecule has 0 radical (unpaired) electrons. The maximum Gasteiger partial charge on any atom is 0.410 e. The number of fused-ring (bicyclic) bond motifs is 2. The molecule has 0 aromatic rings. The average Bonchev–Trinajstić information content (AvgIpc) is 2.32. The average molecular weight is 349 g/mol. The van der Waals surface area contributed by atoms with E-state index in [9.17, 15) is 19.8 Å². The van der Waals surface area contributed by atoms with Gasteiger partial charge in [-0.05, 0) is 0 Å². The molecule has 0 aromatic carbocycles. The lowest BCUT2D eigenvalue weighted by Crippen LogP contribution is -2.66. The van der Waals surface area contributed by atoms with Crippen molar-refractivity contribution < 1.29 is 29.3 Å². The minimum absolute atomic E-state index is 0.0900. The van der Waals surface area contributed by atoms with Crippen molar-refractivity contribution in [3.8, 4) is 0 Å². The Balaban J connectivity index is 2.12. The number of amides is 1. The number of piperidine rings is 1. The molecule has 10 heteroatoms. The van der Waals surface area contributed by atoms with Gasteiger partial charge in [0.05, 0.1) is 12.1 Å². The van der Waals surface area contributed by atoms with Crippen LogP contribution in [0.15, 0.2) is 0 Å². The van der Waals surface area contributed by atoms with Gasteiger partial charge < -0.3 is 19.7 Å². The van der Waals surface area contributed by atoms with Crippen molar-refractivity contribution in [2.45, 2.75) is 41.3 Å². The second-order valence-corrected chi connectivity index (χ2v) is 7.09. The maximum absolute atomic E-state index is 12.0. The number of carbonyl (C=O) groups excluding carboxylic acids is 2. The molecule has 2 saturated heterocycles. The van der Waals surface area contributed by atoms with Crippen molar-refractivity contribution in [3.05, 3.63) is 0 Å². The van der Waals surface area contributed by atoms with Crippen LogP contribution in [0.25, 0.3) is 0 Å². The van der Waals surface area contributed by atoms with Gasteiger partial charge in [-0.3, -0.25) is 9.69 Å². The maximum atomic E-state index is 12.0. The summed E-state index contributed by atoms with van der Waals surface area (Å²) in [5, 5.41) is 19.4. The van der Waals surface area contributed by atoms with Crippen molar-refractivity contribution >= 4 is 46.7 Å². The number of carbonyl (C=O) groups is 2. The lowest BCUT2D eigenvalue weighted by Gasteiger charge is -2.48. The largest absolute Gasteiger partial charge is 0.445 e. The van der Waals surface area contributed by atoms with E-state index in [0.717, 1.165) is 4.90 Å². The van der Waals surface area contributed by atoms with Crippen LogP contribution in [0, 0.1) is 0 Å². The van der Waals surface area contributed by atoms with E-state index in [1.807, 2.05) is 0 Å². The van der Waals surface area contributed by atoms with Gasteiger partial charge in [-0.25, -0.2) is 4.79 Å². The highest BCUT2D eigenvalue weighted by atomic mass is 35.6. The number of hydrogen-bond acceptors (Lipinski definition) is 6. The fraction of sp³-hybridized carbons (Fsp3) is 0.800. The number of ether oxygens (including phenoxy) is 2.